The van der Waals surface area contributed by atoms with Crippen molar-refractivity contribution >= 4 is 11.6 Å². The highest BCUT2D eigenvalue weighted by Crippen LogP contribution is 2.19. The molecule has 4 nitrogen and oxygen atoms in total. The largest absolute Gasteiger partial charge is 0.389 e. The highest BCUT2D eigenvalue weighted by Gasteiger charge is 2.19. The molecule has 2 atom stereocenters. The van der Waals surface area contributed by atoms with E-state index >= 15 is 0 Å². The van der Waals surface area contributed by atoms with Crippen LogP contribution in [0.4, 0.5) is 0 Å². The second-order valence-corrected chi connectivity index (χ2v) is 4.53. The lowest BCUT2D eigenvalue weighted by molar-refractivity contribution is 0.0327. The van der Waals surface area contributed by atoms with Crippen LogP contribution in [0.5, 0.6) is 0 Å². The van der Waals surface area contributed by atoms with Gasteiger partial charge in [0.25, 0.3) is 0 Å². The minimum Gasteiger partial charge on any atom is -0.389 e. The number of rotatable bonds is 4. The van der Waals surface area contributed by atoms with Crippen LogP contribution < -0.4 is 0 Å². The standard InChI is InChI=1S/C13H15ClN2O2/c1-9-3-2-4-11(5-9)16-8-10(7-15-16)13(18)12(17)6-14/h2-5,7-8,12-13,17-18H,6H2,1H3. The van der Waals surface area contributed by atoms with Gasteiger partial charge in [0, 0.05) is 11.8 Å². The Kier molecular flexibility index (Phi) is 4.01. The summed E-state index contributed by atoms with van der Waals surface area (Å²) >= 11 is 5.50. The quantitative estimate of drug-likeness (QED) is 0.830. The molecule has 2 N–H and O–H groups in total. The third-order valence-corrected chi connectivity index (χ3v) is 3.05. The number of alkyl halides is 1. The average molecular weight is 267 g/mol. The molecule has 0 aliphatic heterocycles. The molecule has 96 valence electrons. The molecule has 0 amide bonds. The fraction of sp³-hybridized carbons (Fsp3) is 0.308. The third kappa shape index (κ3) is 2.72. The van der Waals surface area contributed by atoms with Crippen LogP contribution >= 0.6 is 11.6 Å². The Morgan fingerprint density at radius 3 is 2.83 bits per heavy atom. The van der Waals surface area contributed by atoms with E-state index in [2.05, 4.69) is 5.10 Å². The van der Waals surface area contributed by atoms with Crippen LogP contribution in [0.25, 0.3) is 5.69 Å². The summed E-state index contributed by atoms with van der Waals surface area (Å²) in [5, 5.41) is 23.5. The highest BCUT2D eigenvalue weighted by atomic mass is 35.5. The normalized spacial score (nSPS) is 14.4. The summed E-state index contributed by atoms with van der Waals surface area (Å²) in [5.74, 6) is -0.0171. The van der Waals surface area contributed by atoms with Crippen molar-refractivity contribution in [2.24, 2.45) is 0 Å². The lowest BCUT2D eigenvalue weighted by atomic mass is 10.1. The summed E-state index contributed by atoms with van der Waals surface area (Å²) in [6, 6.07) is 7.85. The maximum atomic E-state index is 9.82. The first-order valence-corrected chi connectivity index (χ1v) is 6.19. The summed E-state index contributed by atoms with van der Waals surface area (Å²) in [4.78, 5) is 0. The van der Waals surface area contributed by atoms with E-state index in [4.69, 9.17) is 11.6 Å². The molecule has 2 rings (SSSR count). The molecule has 2 unspecified atom stereocenters. The van der Waals surface area contributed by atoms with Crippen molar-refractivity contribution in [3.05, 3.63) is 47.8 Å². The Hall–Kier alpha value is -1.36. The Bertz CT molecular complexity index is 527. The highest BCUT2D eigenvalue weighted by molar-refractivity contribution is 6.18. The van der Waals surface area contributed by atoms with Crippen molar-refractivity contribution < 1.29 is 10.2 Å². The molecular weight excluding hydrogens is 252 g/mol. The SMILES string of the molecule is Cc1cccc(-n2cc(C(O)C(O)CCl)cn2)c1. The average Bonchev–Trinajstić information content (AvgIpc) is 2.86. The van der Waals surface area contributed by atoms with Crippen molar-refractivity contribution in [3.8, 4) is 5.69 Å². The fourth-order valence-electron chi connectivity index (χ4n) is 1.71. The third-order valence-electron chi connectivity index (χ3n) is 2.73. The van der Waals surface area contributed by atoms with Crippen molar-refractivity contribution in [2.75, 3.05) is 5.88 Å². The van der Waals surface area contributed by atoms with Gasteiger partial charge in [0.2, 0.25) is 0 Å². The Morgan fingerprint density at radius 2 is 2.17 bits per heavy atom. The smallest absolute Gasteiger partial charge is 0.109 e. The minimum absolute atomic E-state index is 0.0171. The van der Waals surface area contributed by atoms with Crippen molar-refractivity contribution in [3.63, 3.8) is 0 Å². The molecule has 18 heavy (non-hydrogen) atoms. The van der Waals surface area contributed by atoms with Gasteiger partial charge in [0.1, 0.15) is 6.10 Å². The first-order chi connectivity index (χ1) is 8.61. The number of aromatic nitrogens is 2. The molecule has 0 spiro atoms. The van der Waals surface area contributed by atoms with Crippen LogP contribution in [0.3, 0.4) is 0 Å². The zero-order chi connectivity index (χ0) is 13.1. The van der Waals surface area contributed by atoms with Gasteiger partial charge < -0.3 is 10.2 Å². The number of hydrogen-bond donors (Lipinski definition) is 2. The molecular formula is C13H15ClN2O2. The van der Waals surface area contributed by atoms with E-state index < -0.39 is 12.2 Å². The molecule has 1 aromatic heterocycles. The van der Waals surface area contributed by atoms with Gasteiger partial charge in [-0.05, 0) is 24.6 Å². The monoisotopic (exact) mass is 266 g/mol. The van der Waals surface area contributed by atoms with E-state index in [-0.39, 0.29) is 5.88 Å². The van der Waals surface area contributed by atoms with Crippen LogP contribution in [0.2, 0.25) is 0 Å². The molecule has 0 aliphatic rings. The van der Waals surface area contributed by atoms with Gasteiger partial charge in [-0.15, -0.1) is 11.6 Å². The second kappa shape index (κ2) is 5.52. The summed E-state index contributed by atoms with van der Waals surface area (Å²) in [7, 11) is 0. The molecule has 0 radical (unpaired) electrons. The Labute approximate surface area is 110 Å². The molecule has 0 aliphatic carbocycles. The van der Waals surface area contributed by atoms with Gasteiger partial charge in [-0.3, -0.25) is 0 Å². The summed E-state index contributed by atoms with van der Waals surface area (Å²) in [6.45, 7) is 2.00. The van der Waals surface area contributed by atoms with E-state index in [0.29, 0.717) is 5.56 Å². The summed E-state index contributed by atoms with van der Waals surface area (Å²) in [5.41, 5.74) is 2.59. The zero-order valence-electron chi connectivity index (χ0n) is 9.99. The number of halogens is 1. The maximum absolute atomic E-state index is 9.82. The number of aliphatic hydroxyl groups is 2. The first-order valence-electron chi connectivity index (χ1n) is 5.65. The number of aryl methyl sites for hydroxylation is 1. The number of nitrogens with zero attached hydrogens (tertiary/aromatic N) is 2. The van der Waals surface area contributed by atoms with Crippen LogP contribution in [-0.2, 0) is 0 Å². The molecule has 0 bridgehead atoms. The molecule has 1 aromatic carbocycles. The lowest BCUT2D eigenvalue weighted by Crippen LogP contribution is -2.19. The van der Waals surface area contributed by atoms with E-state index in [1.165, 1.54) is 6.20 Å². The second-order valence-electron chi connectivity index (χ2n) is 4.22. The van der Waals surface area contributed by atoms with E-state index in [1.54, 1.807) is 10.9 Å². The fourth-order valence-corrected chi connectivity index (χ4v) is 1.88. The maximum Gasteiger partial charge on any atom is 0.109 e. The van der Waals surface area contributed by atoms with E-state index in [0.717, 1.165) is 11.3 Å². The zero-order valence-corrected chi connectivity index (χ0v) is 10.7. The molecule has 2 aromatic rings. The van der Waals surface area contributed by atoms with Gasteiger partial charge in [0.05, 0.1) is 23.9 Å². The van der Waals surface area contributed by atoms with Crippen LogP contribution in [0.1, 0.15) is 17.2 Å². The lowest BCUT2D eigenvalue weighted by Gasteiger charge is -2.12. The molecule has 0 fully saturated rings. The molecule has 1 heterocycles. The van der Waals surface area contributed by atoms with Gasteiger partial charge in [0.15, 0.2) is 0 Å². The van der Waals surface area contributed by atoms with Gasteiger partial charge in [-0.25, -0.2) is 4.68 Å². The first kappa shape index (κ1) is 13.1. The van der Waals surface area contributed by atoms with Crippen molar-refractivity contribution in [2.45, 2.75) is 19.1 Å². The van der Waals surface area contributed by atoms with Crippen LogP contribution in [0.15, 0.2) is 36.7 Å². The minimum atomic E-state index is -1.01. The van der Waals surface area contributed by atoms with Crippen molar-refractivity contribution in [1.82, 2.24) is 9.78 Å². The van der Waals surface area contributed by atoms with Gasteiger partial charge in [-0.1, -0.05) is 12.1 Å². The molecule has 0 saturated heterocycles. The predicted octanol–water partition coefficient (Wildman–Crippen LogP) is 1.81. The predicted molar refractivity (Wildman–Crippen MR) is 70.0 cm³/mol. The number of benzene rings is 1. The summed E-state index contributed by atoms with van der Waals surface area (Å²) < 4.78 is 1.66. The van der Waals surface area contributed by atoms with Crippen LogP contribution in [0, 0.1) is 6.92 Å². The summed E-state index contributed by atoms with van der Waals surface area (Å²) in [6.07, 6.45) is 1.22. The Balaban J connectivity index is 2.25. The molecule has 0 saturated carbocycles. The van der Waals surface area contributed by atoms with Gasteiger partial charge >= 0.3 is 0 Å². The Morgan fingerprint density at radius 1 is 1.39 bits per heavy atom. The van der Waals surface area contributed by atoms with Crippen LogP contribution in [-0.4, -0.2) is 32.0 Å². The van der Waals surface area contributed by atoms with Gasteiger partial charge in [-0.2, -0.15) is 5.10 Å². The van der Waals surface area contributed by atoms with Crippen molar-refractivity contribution in [1.29, 1.82) is 0 Å². The number of aliphatic hydroxyl groups excluding tert-OH is 2. The number of hydrogen-bond acceptors (Lipinski definition) is 3. The van der Waals surface area contributed by atoms with E-state index in [1.807, 2.05) is 31.2 Å². The van der Waals surface area contributed by atoms with E-state index in [9.17, 15) is 10.2 Å². The topological polar surface area (TPSA) is 58.3 Å². The molecule has 5 heteroatoms.